The molecule has 11 rings (SSSR count). The van der Waals surface area contributed by atoms with Crippen LogP contribution in [0.4, 0.5) is 0 Å². The predicted molar refractivity (Wildman–Crippen MR) is 224 cm³/mol. The number of hydrogen-bond donors (Lipinski definition) is 0. The largest absolute Gasteiger partial charge is 0.118 e. The third kappa shape index (κ3) is 5.61. The summed E-state index contributed by atoms with van der Waals surface area (Å²) in [4.78, 5) is 0. The molecule has 0 heterocycles. The highest BCUT2D eigenvalue weighted by atomic mass is 35.5. The summed E-state index contributed by atoms with van der Waals surface area (Å²) in [5.74, 6) is 0.877. The maximum Gasteiger partial charge on any atom is 0.0557 e. The van der Waals surface area contributed by atoms with E-state index in [1.54, 1.807) is 0 Å². The lowest BCUT2D eigenvalue weighted by molar-refractivity contribution is 0.961. The van der Waals surface area contributed by atoms with E-state index in [1.807, 2.05) is 32.0 Å². The fourth-order valence-corrected chi connectivity index (χ4v) is 9.18. The van der Waals surface area contributed by atoms with E-state index in [2.05, 4.69) is 140 Å². The molecule has 52 heavy (non-hydrogen) atoms. The molecule has 254 valence electrons. The Kier molecular flexibility index (Phi) is 8.62. The summed E-state index contributed by atoms with van der Waals surface area (Å²) < 4.78 is 0. The third-order valence-corrected chi connectivity index (χ3v) is 11.8. The minimum atomic E-state index is 0.0559. The molecular weight excluding hydrogens is 671 g/mol. The van der Waals surface area contributed by atoms with Crippen molar-refractivity contribution < 1.29 is 0 Å². The van der Waals surface area contributed by atoms with Gasteiger partial charge in [-0.25, -0.2) is 0 Å². The molecule has 0 saturated carbocycles. The first-order valence-corrected chi connectivity index (χ1v) is 19.3. The SMILES string of the molecule is C1=CC2C3=C(C=CCC3=C1)c1cccc3cccc2c13.C1=CC2C3=C(C=CCC3=C1)c1cccc3cccc2c13.CC(Cl)c1cccc(C(C)Cl)c1. The van der Waals surface area contributed by atoms with Gasteiger partial charge in [-0.1, -0.05) is 158 Å². The molecule has 6 aliphatic rings. The van der Waals surface area contributed by atoms with Crippen molar-refractivity contribution in [3.8, 4) is 0 Å². The van der Waals surface area contributed by atoms with Crippen LogP contribution in [0.3, 0.4) is 0 Å². The molecule has 5 aromatic carbocycles. The molecule has 5 aromatic rings. The van der Waals surface area contributed by atoms with Gasteiger partial charge in [0.15, 0.2) is 0 Å². The van der Waals surface area contributed by atoms with E-state index < -0.39 is 0 Å². The van der Waals surface area contributed by atoms with Crippen LogP contribution < -0.4 is 0 Å². The van der Waals surface area contributed by atoms with E-state index in [9.17, 15) is 0 Å². The van der Waals surface area contributed by atoms with Gasteiger partial charge < -0.3 is 0 Å². The molecule has 0 fully saturated rings. The summed E-state index contributed by atoms with van der Waals surface area (Å²) in [6, 6.07) is 34.9. The molecule has 0 amide bonds. The smallest absolute Gasteiger partial charge is 0.0557 e. The van der Waals surface area contributed by atoms with Gasteiger partial charge in [-0.15, -0.1) is 23.2 Å². The Hall–Kier alpha value is -4.88. The first kappa shape index (κ1) is 33.0. The zero-order chi connectivity index (χ0) is 35.3. The van der Waals surface area contributed by atoms with E-state index >= 15 is 0 Å². The first-order valence-electron chi connectivity index (χ1n) is 18.5. The zero-order valence-corrected chi connectivity index (χ0v) is 31.0. The van der Waals surface area contributed by atoms with Crippen molar-refractivity contribution >= 4 is 55.9 Å². The van der Waals surface area contributed by atoms with Crippen LogP contribution in [0.1, 0.15) is 82.7 Å². The summed E-state index contributed by atoms with van der Waals surface area (Å²) in [5.41, 5.74) is 16.9. The number of fused-ring (bicyclic) bond motifs is 4. The molecule has 4 atom stereocenters. The van der Waals surface area contributed by atoms with Crippen LogP contribution in [0.2, 0.25) is 0 Å². The van der Waals surface area contributed by atoms with Crippen molar-refractivity contribution in [1.29, 1.82) is 0 Å². The van der Waals surface area contributed by atoms with Crippen molar-refractivity contribution in [3.63, 3.8) is 0 Å². The molecular formula is C50H40Cl2. The van der Waals surface area contributed by atoms with Crippen molar-refractivity contribution in [1.82, 2.24) is 0 Å². The van der Waals surface area contributed by atoms with Crippen molar-refractivity contribution in [2.45, 2.75) is 49.3 Å². The normalized spacial score (nSPS) is 20.5. The number of benzene rings is 5. The number of rotatable bonds is 2. The van der Waals surface area contributed by atoms with Crippen molar-refractivity contribution in [3.05, 3.63) is 213 Å². The average Bonchev–Trinajstić information content (AvgIpc) is 3.19. The van der Waals surface area contributed by atoms with Gasteiger partial charge in [-0.3, -0.25) is 0 Å². The summed E-state index contributed by atoms with van der Waals surface area (Å²) in [7, 11) is 0. The number of allylic oxidation sites excluding steroid dienone is 16. The van der Waals surface area contributed by atoms with Crippen molar-refractivity contribution in [2.75, 3.05) is 0 Å². The minimum absolute atomic E-state index is 0.0559. The Morgan fingerprint density at radius 1 is 0.538 bits per heavy atom. The average molecular weight is 712 g/mol. The Balaban J connectivity index is 0.000000108. The van der Waals surface area contributed by atoms with Crippen LogP contribution in [0, 0.1) is 0 Å². The van der Waals surface area contributed by atoms with Gasteiger partial charge >= 0.3 is 0 Å². The predicted octanol–water partition coefficient (Wildman–Crippen LogP) is 14.6. The molecule has 0 spiro atoms. The quantitative estimate of drug-likeness (QED) is 0.160. The van der Waals surface area contributed by atoms with Crippen LogP contribution >= 0.6 is 23.2 Å². The summed E-state index contributed by atoms with van der Waals surface area (Å²) in [6.45, 7) is 3.92. The molecule has 0 radical (unpaired) electrons. The van der Waals surface area contributed by atoms with E-state index in [0.29, 0.717) is 11.8 Å². The number of hydrogen-bond acceptors (Lipinski definition) is 0. The highest BCUT2D eigenvalue weighted by Crippen LogP contribution is 2.51. The lowest BCUT2D eigenvalue weighted by atomic mass is 9.70. The number of halogens is 2. The fourth-order valence-electron chi connectivity index (χ4n) is 8.91. The van der Waals surface area contributed by atoms with Gasteiger partial charge in [0.2, 0.25) is 0 Å². The van der Waals surface area contributed by atoms with Gasteiger partial charge in [-0.05, 0) is 115 Å². The summed E-state index contributed by atoms with van der Waals surface area (Å²) in [5, 5.41) is 5.71. The molecule has 0 nitrogen and oxygen atoms in total. The molecule has 0 saturated heterocycles. The van der Waals surface area contributed by atoms with Crippen LogP contribution in [0.25, 0.3) is 32.7 Å². The molecule has 6 aliphatic carbocycles. The number of alkyl halides is 2. The van der Waals surface area contributed by atoms with Crippen LogP contribution in [-0.4, -0.2) is 0 Å². The molecule has 0 aromatic heterocycles. The second-order valence-electron chi connectivity index (χ2n) is 14.4. The minimum Gasteiger partial charge on any atom is -0.118 e. The van der Waals surface area contributed by atoms with Crippen LogP contribution in [0.5, 0.6) is 0 Å². The molecule has 4 unspecified atom stereocenters. The fraction of sp³-hybridized carbons (Fsp3) is 0.160. The highest BCUT2D eigenvalue weighted by molar-refractivity contribution is 6.21. The van der Waals surface area contributed by atoms with E-state index in [-0.39, 0.29) is 10.8 Å². The molecule has 0 aliphatic heterocycles. The Labute approximate surface area is 317 Å². The second-order valence-corrected chi connectivity index (χ2v) is 15.7. The molecule has 0 bridgehead atoms. The molecule has 2 heteroatoms. The van der Waals surface area contributed by atoms with Gasteiger partial charge in [-0.2, -0.15) is 0 Å². The van der Waals surface area contributed by atoms with Crippen LogP contribution in [-0.2, 0) is 0 Å². The van der Waals surface area contributed by atoms with E-state index in [4.69, 9.17) is 23.2 Å². The lowest BCUT2D eigenvalue weighted by Crippen LogP contribution is -2.14. The van der Waals surface area contributed by atoms with E-state index in [0.717, 1.165) is 24.0 Å². The van der Waals surface area contributed by atoms with Gasteiger partial charge in [0, 0.05) is 11.8 Å². The monoisotopic (exact) mass is 710 g/mol. The standard InChI is InChI=1S/2C20H14.C10H12Cl2/c2*1-5-13-6-2-11-17-18-12-4-8-14-7-3-10-16(20(14)18)15(9-1)19(13)17;1-7(11)9-4-3-5-10(6-9)8(2)12/h2*1-7,9-12,16H,8H2;3-8H,1-2H3. The van der Waals surface area contributed by atoms with E-state index in [1.165, 1.54) is 77.2 Å². The van der Waals surface area contributed by atoms with Gasteiger partial charge in [0.25, 0.3) is 0 Å². The second kappa shape index (κ2) is 13.6. The summed E-state index contributed by atoms with van der Waals surface area (Å²) in [6.07, 6.45) is 25.1. The topological polar surface area (TPSA) is 0 Å². The maximum atomic E-state index is 5.94. The van der Waals surface area contributed by atoms with Gasteiger partial charge in [0.1, 0.15) is 0 Å². The lowest BCUT2D eigenvalue weighted by Gasteiger charge is -2.33. The third-order valence-electron chi connectivity index (χ3n) is 11.3. The highest BCUT2D eigenvalue weighted by Gasteiger charge is 2.32. The first-order chi connectivity index (χ1) is 25.5. The maximum absolute atomic E-state index is 5.94. The Morgan fingerprint density at radius 2 is 0.962 bits per heavy atom. The van der Waals surface area contributed by atoms with Gasteiger partial charge in [0.05, 0.1) is 10.8 Å². The summed E-state index contributed by atoms with van der Waals surface area (Å²) >= 11 is 11.9. The zero-order valence-electron chi connectivity index (χ0n) is 29.5. The van der Waals surface area contributed by atoms with Crippen molar-refractivity contribution in [2.24, 2.45) is 0 Å². The Bertz CT molecular complexity index is 2340. The Morgan fingerprint density at radius 3 is 1.40 bits per heavy atom. The van der Waals surface area contributed by atoms with Crippen LogP contribution in [0.15, 0.2) is 180 Å². The molecule has 0 N–H and O–H groups in total.